The van der Waals surface area contributed by atoms with Crippen LogP contribution in [0.25, 0.3) is 0 Å². The monoisotopic (exact) mass is 550 g/mol. The Morgan fingerprint density at radius 2 is 1.55 bits per heavy atom. The van der Waals surface area contributed by atoms with Gasteiger partial charge in [0.15, 0.2) is 34.5 Å². The van der Waals surface area contributed by atoms with E-state index < -0.39 is 17.4 Å². The highest BCUT2D eigenvalue weighted by atomic mass is 16.5. The van der Waals surface area contributed by atoms with Crippen molar-refractivity contribution in [3.05, 3.63) is 70.8 Å². The van der Waals surface area contributed by atoms with Crippen molar-refractivity contribution in [1.82, 2.24) is 0 Å². The second kappa shape index (κ2) is 10.8. The van der Waals surface area contributed by atoms with Crippen LogP contribution >= 0.6 is 0 Å². The maximum atomic E-state index is 12.9. The van der Waals surface area contributed by atoms with E-state index in [0.29, 0.717) is 35.8 Å². The highest BCUT2D eigenvalue weighted by Gasteiger charge is 2.47. The number of phenolic OH excluding ortho intramolecular Hbond substituents is 2. The number of aliphatic hydroxyl groups excluding tert-OH is 1. The number of hydrogen-bond donors (Lipinski definition) is 3. The Balaban J connectivity index is 1.45. The summed E-state index contributed by atoms with van der Waals surface area (Å²) in [5, 5.41) is 30.4. The number of carbonyl (C=O) groups is 1. The smallest absolute Gasteiger partial charge is 0.309 e. The van der Waals surface area contributed by atoms with E-state index in [1.807, 2.05) is 19.1 Å². The minimum absolute atomic E-state index is 0.0176. The Kier molecular flexibility index (Phi) is 7.42. The largest absolute Gasteiger partial charge is 0.504 e. The number of phenols is 2. The molecule has 5 rings (SSSR count). The van der Waals surface area contributed by atoms with E-state index in [1.54, 1.807) is 43.5 Å². The van der Waals surface area contributed by atoms with Crippen molar-refractivity contribution in [2.24, 2.45) is 11.3 Å². The Labute approximate surface area is 232 Å². The molecule has 0 radical (unpaired) electrons. The molecule has 0 unspecified atom stereocenters. The van der Waals surface area contributed by atoms with Crippen molar-refractivity contribution < 1.29 is 43.8 Å². The first-order valence-corrected chi connectivity index (χ1v) is 13.1. The van der Waals surface area contributed by atoms with E-state index in [-0.39, 0.29) is 36.6 Å². The molecule has 4 atom stereocenters. The molecule has 0 spiro atoms. The number of ether oxygens (including phenoxy) is 5. The van der Waals surface area contributed by atoms with Gasteiger partial charge in [-0.15, -0.1) is 0 Å². The van der Waals surface area contributed by atoms with Gasteiger partial charge >= 0.3 is 5.97 Å². The molecular weight excluding hydrogens is 516 g/mol. The van der Waals surface area contributed by atoms with Gasteiger partial charge < -0.3 is 39.0 Å². The van der Waals surface area contributed by atoms with Crippen LogP contribution in [-0.2, 0) is 22.4 Å². The molecule has 3 N–H and O–H groups in total. The summed E-state index contributed by atoms with van der Waals surface area (Å²) in [7, 11) is 4.53. The number of rotatable bonds is 9. The number of benzene rings is 3. The highest BCUT2D eigenvalue weighted by molar-refractivity contribution is 5.76. The van der Waals surface area contributed by atoms with Gasteiger partial charge in [0.05, 0.1) is 46.4 Å². The normalized spacial score (nSPS) is 23.3. The van der Waals surface area contributed by atoms with Crippen LogP contribution in [0, 0.1) is 11.3 Å². The summed E-state index contributed by atoms with van der Waals surface area (Å²) in [6.07, 6.45) is 0.446. The average Bonchev–Trinajstić information content (AvgIpc) is 3.46. The van der Waals surface area contributed by atoms with E-state index in [1.165, 1.54) is 14.2 Å². The lowest BCUT2D eigenvalue weighted by Gasteiger charge is -2.28. The number of fused-ring (bicyclic) bond motifs is 1. The molecule has 2 aliphatic rings. The van der Waals surface area contributed by atoms with Crippen LogP contribution < -0.4 is 18.9 Å². The quantitative estimate of drug-likeness (QED) is 0.335. The number of hydrogen-bond acceptors (Lipinski definition) is 9. The predicted octanol–water partition coefficient (Wildman–Crippen LogP) is 4.30. The van der Waals surface area contributed by atoms with Gasteiger partial charge in [-0.1, -0.05) is 25.1 Å². The molecule has 9 heteroatoms. The standard InChI is InChI=1S/C31H34O9/c1-31(16-39-30(35)22(31)10-17-5-7-23(33)25(11-17)36-2)14-18-9-20-21(15-32)28(40-29(20)27(12-18)38-4)19-6-8-24(34)26(13-19)37-3/h5-9,11-13,21-22,28,32-34H,10,14-16H2,1-4H3/t21-,22-,28+,31-/m0/s1. The van der Waals surface area contributed by atoms with E-state index in [4.69, 9.17) is 23.7 Å². The molecule has 9 nitrogen and oxygen atoms in total. The third-order valence-corrected chi connectivity index (χ3v) is 8.06. The highest BCUT2D eigenvalue weighted by Crippen LogP contribution is 2.52. The van der Waals surface area contributed by atoms with Crippen molar-refractivity contribution >= 4 is 5.97 Å². The predicted molar refractivity (Wildman–Crippen MR) is 145 cm³/mol. The molecule has 2 heterocycles. The number of cyclic esters (lactones) is 1. The molecule has 0 bridgehead atoms. The molecule has 2 aliphatic heterocycles. The minimum Gasteiger partial charge on any atom is -0.504 e. The number of esters is 1. The van der Waals surface area contributed by atoms with Crippen LogP contribution in [0.15, 0.2) is 48.5 Å². The lowest BCUT2D eigenvalue weighted by molar-refractivity contribution is -0.141. The Morgan fingerprint density at radius 3 is 2.23 bits per heavy atom. The summed E-state index contributed by atoms with van der Waals surface area (Å²) in [6, 6.07) is 14.0. The summed E-state index contributed by atoms with van der Waals surface area (Å²) in [4.78, 5) is 12.9. The van der Waals surface area contributed by atoms with E-state index in [0.717, 1.165) is 22.3 Å². The van der Waals surface area contributed by atoms with Gasteiger partial charge in [-0.25, -0.2) is 0 Å². The summed E-state index contributed by atoms with van der Waals surface area (Å²) >= 11 is 0. The Hall–Kier alpha value is -4.11. The Morgan fingerprint density at radius 1 is 0.900 bits per heavy atom. The topological polar surface area (TPSA) is 124 Å². The number of methoxy groups -OCH3 is 3. The second-order valence-electron chi connectivity index (χ2n) is 10.7. The lowest BCUT2D eigenvalue weighted by atomic mass is 9.72. The molecule has 0 aliphatic carbocycles. The zero-order chi connectivity index (χ0) is 28.6. The van der Waals surface area contributed by atoms with Gasteiger partial charge in [0.1, 0.15) is 6.10 Å². The molecule has 0 saturated carbocycles. The lowest BCUT2D eigenvalue weighted by Crippen LogP contribution is -2.31. The van der Waals surface area contributed by atoms with Crippen molar-refractivity contribution in [2.45, 2.75) is 31.8 Å². The first kappa shape index (κ1) is 27.5. The first-order chi connectivity index (χ1) is 19.2. The number of aliphatic hydroxyl groups is 1. The second-order valence-corrected chi connectivity index (χ2v) is 10.7. The van der Waals surface area contributed by atoms with Crippen LogP contribution in [0.1, 0.15) is 41.2 Å². The van der Waals surface area contributed by atoms with Gasteiger partial charge in [0.2, 0.25) is 0 Å². The van der Waals surface area contributed by atoms with Gasteiger partial charge in [0.25, 0.3) is 0 Å². The van der Waals surface area contributed by atoms with Gasteiger partial charge in [-0.2, -0.15) is 0 Å². The summed E-state index contributed by atoms with van der Waals surface area (Å²) < 4.78 is 28.1. The molecule has 3 aromatic carbocycles. The molecule has 212 valence electrons. The molecule has 1 fully saturated rings. The molecule has 0 amide bonds. The molecule has 3 aromatic rings. The fraction of sp³-hybridized carbons (Fsp3) is 0.387. The fourth-order valence-electron chi connectivity index (χ4n) is 5.85. The number of carbonyl (C=O) groups excluding carboxylic acids is 1. The van der Waals surface area contributed by atoms with Crippen molar-refractivity contribution in [1.29, 1.82) is 0 Å². The third kappa shape index (κ3) is 4.86. The van der Waals surface area contributed by atoms with E-state index >= 15 is 0 Å². The van der Waals surface area contributed by atoms with E-state index in [9.17, 15) is 20.1 Å². The van der Waals surface area contributed by atoms with Crippen molar-refractivity contribution in [3.8, 4) is 34.5 Å². The Bertz CT molecular complexity index is 1420. The summed E-state index contributed by atoms with van der Waals surface area (Å²) in [5.74, 6) is 0.757. The van der Waals surface area contributed by atoms with Crippen LogP contribution in [0.5, 0.6) is 34.5 Å². The van der Waals surface area contributed by atoms with Crippen LogP contribution in [0.4, 0.5) is 0 Å². The molecule has 40 heavy (non-hydrogen) atoms. The SMILES string of the molecule is COc1cc(C[C@H]2C(=O)OC[C@]2(C)Cc2cc(OC)c3c(c2)[C@H](CO)[C@@H](c2ccc(O)c(OC)c2)O3)ccc1O. The van der Waals surface area contributed by atoms with Gasteiger partial charge in [0, 0.05) is 11.0 Å². The third-order valence-electron chi connectivity index (χ3n) is 8.06. The van der Waals surface area contributed by atoms with Gasteiger partial charge in [-0.05, 0) is 59.9 Å². The zero-order valence-electron chi connectivity index (χ0n) is 23.0. The molecular formula is C31H34O9. The van der Waals surface area contributed by atoms with E-state index in [2.05, 4.69) is 0 Å². The zero-order valence-corrected chi connectivity index (χ0v) is 23.0. The maximum absolute atomic E-state index is 12.9. The number of aromatic hydroxyl groups is 2. The molecule has 0 aromatic heterocycles. The minimum atomic E-state index is -0.515. The summed E-state index contributed by atoms with van der Waals surface area (Å²) in [5.41, 5.74) is 2.83. The van der Waals surface area contributed by atoms with Crippen LogP contribution in [0.2, 0.25) is 0 Å². The van der Waals surface area contributed by atoms with Crippen LogP contribution in [0.3, 0.4) is 0 Å². The van der Waals surface area contributed by atoms with Crippen LogP contribution in [-0.4, -0.2) is 55.8 Å². The van der Waals surface area contributed by atoms with Gasteiger partial charge in [-0.3, -0.25) is 4.79 Å². The average molecular weight is 551 g/mol. The fourth-order valence-corrected chi connectivity index (χ4v) is 5.85. The first-order valence-electron chi connectivity index (χ1n) is 13.1. The summed E-state index contributed by atoms with van der Waals surface area (Å²) in [6.45, 7) is 2.13. The van der Waals surface area contributed by atoms with Crippen molar-refractivity contribution in [3.63, 3.8) is 0 Å². The maximum Gasteiger partial charge on any atom is 0.309 e. The van der Waals surface area contributed by atoms with Crippen molar-refractivity contribution in [2.75, 3.05) is 34.5 Å². The molecule has 1 saturated heterocycles.